The highest BCUT2D eigenvalue weighted by molar-refractivity contribution is 6.30. The fourth-order valence-corrected chi connectivity index (χ4v) is 2.33. The first-order valence-electron chi connectivity index (χ1n) is 5.75. The van der Waals surface area contributed by atoms with E-state index in [1.165, 1.54) is 6.33 Å². The number of fused-ring (bicyclic) bond motifs is 1. The highest BCUT2D eigenvalue weighted by Gasteiger charge is 2.17. The Morgan fingerprint density at radius 2 is 2.00 bits per heavy atom. The van der Waals surface area contributed by atoms with Crippen molar-refractivity contribution in [3.8, 4) is 16.9 Å². The maximum Gasteiger partial charge on any atom is 0.138 e. The van der Waals surface area contributed by atoms with E-state index in [1.54, 1.807) is 24.3 Å². The van der Waals surface area contributed by atoms with Crippen LogP contribution in [0, 0.1) is 5.82 Å². The summed E-state index contributed by atoms with van der Waals surface area (Å²) in [4.78, 5) is 7.84. The van der Waals surface area contributed by atoms with E-state index >= 15 is 0 Å². The maximum atomic E-state index is 14.2. The van der Waals surface area contributed by atoms with Crippen LogP contribution < -0.4 is 5.73 Å². The molecule has 0 saturated carbocycles. The summed E-state index contributed by atoms with van der Waals surface area (Å²) < 4.78 is 14.2. The number of rotatable bonds is 1. The lowest BCUT2D eigenvalue weighted by Crippen LogP contribution is -1.97. The summed E-state index contributed by atoms with van der Waals surface area (Å²) in [5.41, 5.74) is 6.76. The zero-order valence-electron chi connectivity index (χ0n) is 10.1. The van der Waals surface area contributed by atoms with Gasteiger partial charge in [0.15, 0.2) is 0 Å². The van der Waals surface area contributed by atoms with E-state index in [1.807, 2.05) is 0 Å². The Balaban J connectivity index is 2.44. The third kappa shape index (κ3) is 1.92. The summed E-state index contributed by atoms with van der Waals surface area (Å²) in [6.45, 7) is 0. The van der Waals surface area contributed by atoms with Crippen LogP contribution >= 0.6 is 11.6 Å². The van der Waals surface area contributed by atoms with Gasteiger partial charge in [0, 0.05) is 16.7 Å². The molecule has 0 fully saturated rings. The monoisotopic (exact) mass is 289 g/mol. The minimum Gasteiger partial charge on any atom is -0.507 e. The molecule has 0 aliphatic carbocycles. The number of nitrogen functional groups attached to an aromatic ring is 1. The second-order valence-electron chi connectivity index (χ2n) is 4.25. The molecule has 100 valence electrons. The molecule has 2 aromatic carbocycles. The summed E-state index contributed by atoms with van der Waals surface area (Å²) in [5, 5.41) is 10.5. The lowest BCUT2D eigenvalue weighted by Gasteiger charge is -2.10. The van der Waals surface area contributed by atoms with Gasteiger partial charge in [0.25, 0.3) is 0 Å². The van der Waals surface area contributed by atoms with E-state index < -0.39 is 5.82 Å². The van der Waals surface area contributed by atoms with Crippen molar-refractivity contribution in [2.24, 2.45) is 0 Å². The van der Waals surface area contributed by atoms with Gasteiger partial charge >= 0.3 is 0 Å². The predicted molar refractivity (Wildman–Crippen MR) is 76.0 cm³/mol. The van der Waals surface area contributed by atoms with Gasteiger partial charge in [0.1, 0.15) is 23.7 Å². The molecule has 0 aliphatic heterocycles. The molecule has 20 heavy (non-hydrogen) atoms. The van der Waals surface area contributed by atoms with Gasteiger partial charge in [-0.05, 0) is 17.7 Å². The highest BCUT2D eigenvalue weighted by atomic mass is 35.5. The summed E-state index contributed by atoms with van der Waals surface area (Å²) in [6, 6.07) is 7.72. The molecule has 0 amide bonds. The minimum atomic E-state index is -0.602. The van der Waals surface area contributed by atoms with Crippen LogP contribution in [-0.4, -0.2) is 15.1 Å². The van der Waals surface area contributed by atoms with Crippen LogP contribution in [0.25, 0.3) is 22.0 Å². The molecule has 0 atom stereocenters. The van der Waals surface area contributed by atoms with E-state index in [2.05, 4.69) is 9.97 Å². The van der Waals surface area contributed by atoms with Crippen LogP contribution in [-0.2, 0) is 0 Å². The number of hydrogen-bond donors (Lipinski definition) is 2. The fourth-order valence-electron chi connectivity index (χ4n) is 2.14. The fraction of sp³-hybridized carbons (Fsp3) is 0. The molecule has 0 spiro atoms. The van der Waals surface area contributed by atoms with Crippen LogP contribution in [0.4, 0.5) is 10.2 Å². The number of nitrogens with zero attached hydrogens (tertiary/aromatic N) is 2. The largest absolute Gasteiger partial charge is 0.507 e. The lowest BCUT2D eigenvalue weighted by molar-refractivity contribution is 0.476. The molecule has 0 aliphatic rings. The number of hydrogen-bond acceptors (Lipinski definition) is 4. The predicted octanol–water partition coefficient (Wildman–Crippen LogP) is 3.38. The van der Waals surface area contributed by atoms with Crippen LogP contribution in [0.1, 0.15) is 0 Å². The molecule has 0 unspecified atom stereocenters. The number of aromatic nitrogens is 2. The van der Waals surface area contributed by atoms with Crippen molar-refractivity contribution in [3.05, 3.63) is 47.5 Å². The first kappa shape index (κ1) is 12.6. The zero-order chi connectivity index (χ0) is 14.3. The van der Waals surface area contributed by atoms with E-state index in [-0.39, 0.29) is 28.0 Å². The van der Waals surface area contributed by atoms with Gasteiger partial charge in [0.2, 0.25) is 0 Å². The van der Waals surface area contributed by atoms with Crippen molar-refractivity contribution in [1.82, 2.24) is 9.97 Å². The van der Waals surface area contributed by atoms with Crippen molar-refractivity contribution in [3.63, 3.8) is 0 Å². The van der Waals surface area contributed by atoms with E-state index in [9.17, 15) is 9.50 Å². The van der Waals surface area contributed by atoms with Crippen molar-refractivity contribution in [2.45, 2.75) is 0 Å². The summed E-state index contributed by atoms with van der Waals surface area (Å²) in [5.74, 6) is -0.799. The number of halogens is 2. The molecule has 4 nitrogen and oxygen atoms in total. The molecule has 0 saturated heterocycles. The van der Waals surface area contributed by atoms with Crippen molar-refractivity contribution < 1.29 is 9.50 Å². The number of anilines is 1. The van der Waals surface area contributed by atoms with Crippen LogP contribution in [0.2, 0.25) is 5.02 Å². The summed E-state index contributed by atoms with van der Waals surface area (Å²) in [7, 11) is 0. The van der Waals surface area contributed by atoms with Gasteiger partial charge in [-0.1, -0.05) is 23.7 Å². The molecular formula is C14H9ClFN3O. The SMILES string of the molecule is Nc1ncnc2c(-c3cccc(Cl)c3)c(F)cc(O)c12. The van der Waals surface area contributed by atoms with Crippen molar-refractivity contribution in [1.29, 1.82) is 0 Å². The van der Waals surface area contributed by atoms with Gasteiger partial charge in [-0.25, -0.2) is 14.4 Å². The van der Waals surface area contributed by atoms with Crippen molar-refractivity contribution in [2.75, 3.05) is 5.73 Å². The van der Waals surface area contributed by atoms with Gasteiger partial charge < -0.3 is 10.8 Å². The van der Waals surface area contributed by atoms with Crippen molar-refractivity contribution >= 4 is 28.3 Å². The van der Waals surface area contributed by atoms with Gasteiger partial charge in [-0.2, -0.15) is 0 Å². The smallest absolute Gasteiger partial charge is 0.138 e. The first-order valence-corrected chi connectivity index (χ1v) is 6.13. The number of phenolic OH excluding ortho intramolecular Hbond substituents is 1. The molecule has 3 N–H and O–H groups in total. The summed E-state index contributed by atoms with van der Waals surface area (Å²) in [6.07, 6.45) is 1.23. The van der Waals surface area contributed by atoms with Gasteiger partial charge in [0.05, 0.1) is 10.9 Å². The average Bonchev–Trinajstić information content (AvgIpc) is 2.38. The lowest BCUT2D eigenvalue weighted by atomic mass is 10.0. The quantitative estimate of drug-likeness (QED) is 0.720. The minimum absolute atomic E-state index is 0.0933. The Bertz CT molecular complexity index is 823. The van der Waals surface area contributed by atoms with E-state index in [4.69, 9.17) is 17.3 Å². The second kappa shape index (κ2) is 4.61. The number of benzene rings is 2. The highest BCUT2D eigenvalue weighted by Crippen LogP contribution is 2.37. The zero-order valence-corrected chi connectivity index (χ0v) is 10.9. The Morgan fingerprint density at radius 1 is 1.20 bits per heavy atom. The molecule has 1 aromatic heterocycles. The van der Waals surface area contributed by atoms with E-state index in [0.29, 0.717) is 10.6 Å². The van der Waals surface area contributed by atoms with Crippen LogP contribution in [0.15, 0.2) is 36.7 Å². The third-order valence-electron chi connectivity index (χ3n) is 2.99. The Kier molecular flexibility index (Phi) is 2.91. The van der Waals surface area contributed by atoms with Crippen LogP contribution in [0.5, 0.6) is 5.75 Å². The Hall–Kier alpha value is -2.40. The second-order valence-corrected chi connectivity index (χ2v) is 4.68. The third-order valence-corrected chi connectivity index (χ3v) is 3.22. The molecule has 3 rings (SSSR count). The maximum absolute atomic E-state index is 14.2. The first-order chi connectivity index (χ1) is 9.58. The molecule has 6 heteroatoms. The molecule has 0 bridgehead atoms. The number of nitrogens with two attached hydrogens (primary N) is 1. The van der Waals surface area contributed by atoms with Gasteiger partial charge in [-0.15, -0.1) is 0 Å². The number of phenols is 1. The number of aromatic hydroxyl groups is 1. The Morgan fingerprint density at radius 3 is 2.75 bits per heavy atom. The average molecular weight is 290 g/mol. The van der Waals surface area contributed by atoms with E-state index in [0.717, 1.165) is 6.07 Å². The molecule has 0 radical (unpaired) electrons. The van der Waals surface area contributed by atoms with Gasteiger partial charge in [-0.3, -0.25) is 0 Å². The molecule has 3 aromatic rings. The Labute approximate surface area is 118 Å². The van der Waals surface area contributed by atoms with Crippen LogP contribution in [0.3, 0.4) is 0 Å². The topological polar surface area (TPSA) is 72.0 Å². The normalized spacial score (nSPS) is 10.9. The molecule has 1 heterocycles. The summed E-state index contributed by atoms with van der Waals surface area (Å²) >= 11 is 5.93. The standard InChI is InChI=1S/C14H9ClFN3O/c15-8-3-1-2-7(4-8)11-9(16)5-10(20)12-13(11)18-6-19-14(12)17/h1-6,20H,(H2,17,18,19). The molecular weight excluding hydrogens is 281 g/mol.